The van der Waals surface area contributed by atoms with Crippen molar-refractivity contribution in [3.05, 3.63) is 57.5 Å². The van der Waals surface area contributed by atoms with Gasteiger partial charge in [-0.3, -0.25) is 14.2 Å². The molecule has 192 valence electrons. The van der Waals surface area contributed by atoms with Crippen LogP contribution in [0.1, 0.15) is 54.4 Å². The van der Waals surface area contributed by atoms with Gasteiger partial charge in [-0.1, -0.05) is 0 Å². The number of aryl methyl sites for hydroxylation is 1. The number of halogens is 3. The highest BCUT2D eigenvalue weighted by Gasteiger charge is 2.37. The second-order valence-electron chi connectivity index (χ2n) is 9.08. The predicted molar refractivity (Wildman–Crippen MR) is 127 cm³/mol. The van der Waals surface area contributed by atoms with Gasteiger partial charge < -0.3 is 15.0 Å². The molecular formula is C24H27F3N6O3. The number of aromatic nitrogens is 4. The van der Waals surface area contributed by atoms with Gasteiger partial charge in [-0.15, -0.1) is 0 Å². The summed E-state index contributed by atoms with van der Waals surface area (Å²) in [6.45, 7) is 7.73. The van der Waals surface area contributed by atoms with Gasteiger partial charge in [-0.05, 0) is 45.9 Å². The van der Waals surface area contributed by atoms with Crippen LogP contribution in [0.2, 0.25) is 0 Å². The quantitative estimate of drug-likeness (QED) is 0.581. The number of anilines is 1. The number of ether oxygens (including phenoxy) is 1. The van der Waals surface area contributed by atoms with Crippen molar-refractivity contribution < 1.29 is 22.7 Å². The summed E-state index contributed by atoms with van der Waals surface area (Å²) in [6.07, 6.45) is -3.54. The molecule has 0 spiro atoms. The van der Waals surface area contributed by atoms with Crippen molar-refractivity contribution in [3.63, 3.8) is 0 Å². The molecule has 1 saturated heterocycles. The van der Waals surface area contributed by atoms with Gasteiger partial charge in [0.2, 0.25) is 0 Å². The topological polar surface area (TPSA) is 102 Å². The first-order chi connectivity index (χ1) is 16.8. The van der Waals surface area contributed by atoms with E-state index in [4.69, 9.17) is 4.74 Å². The zero-order valence-corrected chi connectivity index (χ0v) is 20.6. The van der Waals surface area contributed by atoms with E-state index in [1.807, 2.05) is 13.8 Å². The van der Waals surface area contributed by atoms with Gasteiger partial charge in [0, 0.05) is 25.7 Å². The Balaban J connectivity index is 1.61. The normalized spacial score (nSPS) is 19.4. The summed E-state index contributed by atoms with van der Waals surface area (Å²) < 4.78 is 48.5. The highest BCUT2D eigenvalue weighted by atomic mass is 19.4. The van der Waals surface area contributed by atoms with E-state index in [2.05, 4.69) is 20.3 Å². The molecule has 1 aliphatic rings. The van der Waals surface area contributed by atoms with Gasteiger partial charge in [0.1, 0.15) is 11.5 Å². The molecule has 1 N–H and O–H groups in total. The maximum absolute atomic E-state index is 13.9. The summed E-state index contributed by atoms with van der Waals surface area (Å²) in [5, 5.41) is 2.96. The molecule has 0 bridgehead atoms. The Morgan fingerprint density at radius 2 is 1.86 bits per heavy atom. The van der Waals surface area contributed by atoms with Crippen LogP contribution in [0, 0.1) is 6.92 Å². The van der Waals surface area contributed by atoms with Crippen LogP contribution in [0.3, 0.4) is 0 Å². The first kappa shape index (κ1) is 25.5. The maximum Gasteiger partial charge on any atom is 0.433 e. The third kappa shape index (κ3) is 5.03. The van der Waals surface area contributed by atoms with Crippen LogP contribution in [0.15, 0.2) is 29.2 Å². The van der Waals surface area contributed by atoms with Crippen LogP contribution in [-0.4, -0.2) is 55.6 Å². The fourth-order valence-corrected chi connectivity index (χ4v) is 4.31. The van der Waals surface area contributed by atoms with Gasteiger partial charge >= 0.3 is 6.18 Å². The Bertz CT molecular complexity index is 1350. The van der Waals surface area contributed by atoms with E-state index >= 15 is 0 Å². The molecule has 9 nitrogen and oxygen atoms in total. The van der Waals surface area contributed by atoms with Crippen molar-refractivity contribution in [2.24, 2.45) is 7.05 Å². The molecule has 0 radical (unpaired) electrons. The molecule has 3 aromatic rings. The third-order valence-corrected chi connectivity index (χ3v) is 6.13. The van der Waals surface area contributed by atoms with Crippen molar-refractivity contribution >= 4 is 22.6 Å². The predicted octanol–water partition coefficient (Wildman–Crippen LogP) is 3.47. The van der Waals surface area contributed by atoms with Gasteiger partial charge in [-0.2, -0.15) is 13.2 Å². The number of hydrogen-bond donors (Lipinski definition) is 1. The summed E-state index contributed by atoms with van der Waals surface area (Å²) in [7, 11) is 1.50. The number of hydrogen-bond acceptors (Lipinski definition) is 7. The number of carbonyl (C=O) groups is 1. The van der Waals surface area contributed by atoms with Crippen LogP contribution < -0.4 is 10.9 Å². The fraction of sp³-hybridized carbons (Fsp3) is 0.458. The second-order valence-corrected chi connectivity index (χ2v) is 9.08. The van der Waals surface area contributed by atoms with Gasteiger partial charge in [0.25, 0.3) is 11.5 Å². The molecule has 4 heterocycles. The Morgan fingerprint density at radius 3 is 2.44 bits per heavy atom. The molecule has 1 amide bonds. The van der Waals surface area contributed by atoms with Crippen molar-refractivity contribution in [3.8, 4) is 0 Å². The number of alkyl halides is 3. The monoisotopic (exact) mass is 504 g/mol. The van der Waals surface area contributed by atoms with Crippen LogP contribution in [0.5, 0.6) is 0 Å². The van der Waals surface area contributed by atoms with Crippen molar-refractivity contribution in [1.82, 2.24) is 24.4 Å². The lowest BCUT2D eigenvalue weighted by molar-refractivity contribution is -0.141. The highest BCUT2D eigenvalue weighted by molar-refractivity contribution is 5.92. The van der Waals surface area contributed by atoms with E-state index in [1.54, 1.807) is 11.0 Å². The summed E-state index contributed by atoms with van der Waals surface area (Å²) in [4.78, 5) is 39.1. The van der Waals surface area contributed by atoms with Crippen molar-refractivity contribution in [1.29, 1.82) is 0 Å². The number of rotatable bonds is 4. The van der Waals surface area contributed by atoms with Crippen LogP contribution in [-0.2, 0) is 18.0 Å². The Morgan fingerprint density at radius 1 is 1.19 bits per heavy atom. The molecule has 0 saturated carbocycles. The number of nitrogens with one attached hydrogen (secondary N) is 1. The Hall–Kier alpha value is -3.54. The van der Waals surface area contributed by atoms with Crippen molar-refractivity contribution in [2.75, 3.05) is 18.4 Å². The number of carbonyl (C=O) groups excluding carboxylic acids is 1. The lowest BCUT2D eigenvalue weighted by Crippen LogP contribution is -2.48. The SMILES string of the molecule is Cc1nc2nc(C(F)(F)F)c([C@H](C)Nc3ccc(C(=O)N4C[C@@H](C)O[C@@H](C)C4)nc3)cc2c(=O)n1C. The summed E-state index contributed by atoms with van der Waals surface area (Å²) in [6, 6.07) is 3.40. The number of pyridine rings is 2. The Labute approximate surface area is 205 Å². The maximum atomic E-state index is 13.9. The number of morpholine rings is 1. The smallest absolute Gasteiger partial charge is 0.377 e. The van der Waals surface area contributed by atoms with E-state index in [1.165, 1.54) is 43.8 Å². The Kier molecular flexibility index (Phi) is 6.74. The molecular weight excluding hydrogens is 477 g/mol. The molecule has 1 aliphatic heterocycles. The average Bonchev–Trinajstić information content (AvgIpc) is 2.81. The van der Waals surface area contributed by atoms with E-state index in [0.29, 0.717) is 18.8 Å². The molecule has 0 aliphatic carbocycles. The fourth-order valence-electron chi connectivity index (χ4n) is 4.31. The third-order valence-electron chi connectivity index (χ3n) is 6.13. The molecule has 0 aromatic carbocycles. The summed E-state index contributed by atoms with van der Waals surface area (Å²) >= 11 is 0. The molecule has 1 fully saturated rings. The first-order valence-corrected chi connectivity index (χ1v) is 11.5. The van der Waals surface area contributed by atoms with Gasteiger partial charge in [0.05, 0.1) is 35.5 Å². The second kappa shape index (κ2) is 9.49. The zero-order chi connectivity index (χ0) is 26.4. The molecule has 3 aromatic heterocycles. The summed E-state index contributed by atoms with van der Waals surface area (Å²) in [5.41, 5.74) is -1.42. The molecule has 0 unspecified atom stereocenters. The standard InChI is InChI=1S/C24H27F3N6O3/c1-12-10-33(11-13(2)36-12)23(35)19-7-6-16(9-28-19)29-14(3)17-8-18-21(31-20(17)24(25,26)27)30-15(4)32(5)22(18)34/h6-9,12-14,29H,10-11H2,1-5H3/t12-,13+,14-/m0/s1. The minimum atomic E-state index is -4.75. The van der Waals surface area contributed by atoms with Gasteiger partial charge in [0.15, 0.2) is 11.3 Å². The van der Waals surface area contributed by atoms with E-state index in [0.717, 1.165) is 0 Å². The van der Waals surface area contributed by atoms with Crippen molar-refractivity contribution in [2.45, 2.75) is 52.1 Å². The van der Waals surface area contributed by atoms with Crippen LogP contribution in [0.25, 0.3) is 11.0 Å². The average molecular weight is 505 g/mol. The highest BCUT2D eigenvalue weighted by Crippen LogP contribution is 2.35. The van der Waals surface area contributed by atoms with Crippen LogP contribution in [0.4, 0.5) is 18.9 Å². The van der Waals surface area contributed by atoms with E-state index in [9.17, 15) is 22.8 Å². The van der Waals surface area contributed by atoms with Crippen LogP contribution >= 0.6 is 0 Å². The molecule has 4 rings (SSSR count). The minimum Gasteiger partial charge on any atom is -0.377 e. The molecule has 12 heteroatoms. The van der Waals surface area contributed by atoms with E-state index < -0.39 is 23.5 Å². The number of nitrogens with zero attached hydrogens (tertiary/aromatic N) is 5. The number of amides is 1. The van der Waals surface area contributed by atoms with E-state index in [-0.39, 0.29) is 46.2 Å². The molecule has 3 atom stereocenters. The lowest BCUT2D eigenvalue weighted by Gasteiger charge is -2.35. The summed E-state index contributed by atoms with van der Waals surface area (Å²) in [5.74, 6) is 0.0158. The largest absolute Gasteiger partial charge is 0.433 e. The number of fused-ring (bicyclic) bond motifs is 1. The first-order valence-electron chi connectivity index (χ1n) is 11.5. The van der Waals surface area contributed by atoms with Gasteiger partial charge in [-0.25, -0.2) is 15.0 Å². The molecule has 36 heavy (non-hydrogen) atoms. The minimum absolute atomic E-state index is 0.00668. The zero-order valence-electron chi connectivity index (χ0n) is 20.6. The lowest BCUT2D eigenvalue weighted by atomic mass is 10.0.